The maximum atomic E-state index is 3.60. The Morgan fingerprint density at radius 3 is 2.84 bits per heavy atom. The molecule has 1 aromatic carbocycles. The van der Waals surface area contributed by atoms with Crippen molar-refractivity contribution in [3.8, 4) is 0 Å². The van der Waals surface area contributed by atoms with Gasteiger partial charge in [0.1, 0.15) is 0 Å². The molecule has 0 spiro atoms. The van der Waals surface area contributed by atoms with Gasteiger partial charge in [0.2, 0.25) is 0 Å². The molecule has 1 aromatic rings. The van der Waals surface area contributed by atoms with Gasteiger partial charge in [-0.2, -0.15) is 0 Å². The molecule has 0 unspecified atom stereocenters. The van der Waals surface area contributed by atoms with Gasteiger partial charge in [0.25, 0.3) is 0 Å². The fourth-order valence-corrected chi connectivity index (χ4v) is 2.73. The number of rotatable bonds is 1. The molecule has 0 saturated heterocycles. The van der Waals surface area contributed by atoms with Gasteiger partial charge in [0.05, 0.1) is 5.54 Å². The predicted octanol–water partition coefficient (Wildman–Crippen LogP) is 3.62. The van der Waals surface area contributed by atoms with E-state index in [1.807, 2.05) is 0 Å². The molecule has 0 atom stereocenters. The third kappa shape index (κ3) is 2.59. The third-order valence-electron chi connectivity index (χ3n) is 3.97. The molecule has 2 aliphatic rings. The summed E-state index contributed by atoms with van der Waals surface area (Å²) in [4.78, 5) is 2.35. The fourth-order valence-electron chi connectivity index (χ4n) is 2.73. The number of nitrogens with zero attached hydrogens (tertiary/aromatic N) is 1. The Hall–Kier alpha value is -1.54. The molecular weight excluding hydrogens is 232 g/mol. The smallest absolute Gasteiger partial charge is 0.0503 e. The van der Waals surface area contributed by atoms with Crippen LogP contribution in [0.2, 0.25) is 0 Å². The second-order valence-electron chi connectivity index (χ2n) is 6.22. The van der Waals surface area contributed by atoms with Crippen molar-refractivity contribution in [1.29, 1.82) is 0 Å². The Bertz CT molecular complexity index is 552. The van der Waals surface area contributed by atoms with Crippen LogP contribution in [0, 0.1) is 0 Å². The average Bonchev–Trinajstić information content (AvgIpc) is 2.37. The summed E-state index contributed by atoms with van der Waals surface area (Å²) in [6.45, 7) is 6.62. The molecule has 100 valence electrons. The molecule has 0 amide bonds. The maximum Gasteiger partial charge on any atom is 0.0503 e. The first kappa shape index (κ1) is 12.5. The van der Waals surface area contributed by atoms with Crippen LogP contribution in [0.5, 0.6) is 0 Å². The number of nitrogens with one attached hydrogen (secondary N) is 1. The van der Waals surface area contributed by atoms with Crippen LogP contribution in [0.4, 0.5) is 5.69 Å². The third-order valence-corrected chi connectivity index (χ3v) is 3.97. The highest BCUT2D eigenvalue weighted by Crippen LogP contribution is 2.32. The Morgan fingerprint density at radius 2 is 2.11 bits per heavy atom. The molecule has 0 saturated carbocycles. The second kappa shape index (κ2) is 4.53. The first-order chi connectivity index (χ1) is 9.03. The van der Waals surface area contributed by atoms with Crippen LogP contribution in [-0.4, -0.2) is 30.6 Å². The van der Waals surface area contributed by atoms with Crippen LogP contribution in [0.15, 0.2) is 30.4 Å². The van der Waals surface area contributed by atoms with Crippen LogP contribution in [-0.2, 0) is 0 Å². The van der Waals surface area contributed by atoms with Crippen molar-refractivity contribution in [3.63, 3.8) is 0 Å². The number of benzene rings is 1. The topological polar surface area (TPSA) is 15.3 Å². The molecule has 2 heteroatoms. The molecule has 2 aliphatic heterocycles. The van der Waals surface area contributed by atoms with Gasteiger partial charge in [-0.1, -0.05) is 30.4 Å². The number of anilines is 1. The van der Waals surface area contributed by atoms with Gasteiger partial charge in [-0.3, -0.25) is 0 Å². The van der Waals surface area contributed by atoms with Crippen LogP contribution in [0.1, 0.15) is 31.4 Å². The first-order valence-electron chi connectivity index (χ1n) is 7.03. The number of hydrogen-bond acceptors (Lipinski definition) is 2. The van der Waals surface area contributed by atoms with E-state index in [4.69, 9.17) is 0 Å². The minimum atomic E-state index is 0.0484. The zero-order chi connectivity index (χ0) is 13.5. The fraction of sp³-hybridized carbons (Fsp3) is 0.412. The Kier molecular flexibility index (Phi) is 2.98. The summed E-state index contributed by atoms with van der Waals surface area (Å²) >= 11 is 0. The zero-order valence-corrected chi connectivity index (χ0v) is 12.0. The summed E-state index contributed by atoms with van der Waals surface area (Å²) < 4.78 is 0. The van der Waals surface area contributed by atoms with Gasteiger partial charge in [-0.05, 0) is 50.1 Å². The minimum absolute atomic E-state index is 0.0484. The van der Waals surface area contributed by atoms with Gasteiger partial charge >= 0.3 is 0 Å². The Balaban J connectivity index is 1.92. The highest BCUT2D eigenvalue weighted by atomic mass is 15.1. The van der Waals surface area contributed by atoms with E-state index in [1.165, 1.54) is 22.4 Å². The normalized spacial score (nSPS) is 21.5. The van der Waals surface area contributed by atoms with Crippen molar-refractivity contribution in [2.45, 2.75) is 25.8 Å². The molecule has 0 aromatic heterocycles. The van der Waals surface area contributed by atoms with Gasteiger partial charge in [-0.25, -0.2) is 0 Å². The van der Waals surface area contributed by atoms with E-state index in [0.29, 0.717) is 0 Å². The zero-order valence-electron chi connectivity index (χ0n) is 12.0. The number of hydrogen-bond donors (Lipinski definition) is 1. The quantitative estimate of drug-likeness (QED) is 0.823. The Morgan fingerprint density at radius 1 is 1.26 bits per heavy atom. The molecule has 2 nitrogen and oxygen atoms in total. The summed E-state index contributed by atoms with van der Waals surface area (Å²) in [6.07, 6.45) is 7.95. The van der Waals surface area contributed by atoms with E-state index in [2.05, 4.69) is 67.5 Å². The van der Waals surface area contributed by atoms with Crippen LogP contribution in [0.3, 0.4) is 0 Å². The van der Waals surface area contributed by atoms with E-state index in [-0.39, 0.29) is 5.54 Å². The summed E-state index contributed by atoms with van der Waals surface area (Å²) in [5, 5.41) is 3.60. The van der Waals surface area contributed by atoms with Crippen LogP contribution in [0.25, 0.3) is 11.6 Å². The second-order valence-corrected chi connectivity index (χ2v) is 6.22. The van der Waals surface area contributed by atoms with Crippen LogP contribution < -0.4 is 5.32 Å². The van der Waals surface area contributed by atoms with Crippen molar-refractivity contribution in [1.82, 2.24) is 4.90 Å². The molecular formula is C17H22N2. The highest BCUT2D eigenvalue weighted by Gasteiger charge is 2.19. The molecule has 0 aliphatic carbocycles. The standard InChI is InChI=1S/C17H22N2/c1-17(2)9-6-14-4-5-15(12-16(14)18-17)13-7-10-19(3)11-8-13/h4-7,9,12,18H,8,10-11H2,1-3H3. The molecule has 19 heavy (non-hydrogen) atoms. The summed E-state index contributed by atoms with van der Waals surface area (Å²) in [5.74, 6) is 0. The van der Waals surface area contributed by atoms with Crippen molar-refractivity contribution in [2.24, 2.45) is 0 Å². The molecule has 2 heterocycles. The van der Waals surface area contributed by atoms with Crippen molar-refractivity contribution in [2.75, 3.05) is 25.5 Å². The molecule has 1 N–H and O–H groups in total. The number of fused-ring (bicyclic) bond motifs is 1. The lowest BCUT2D eigenvalue weighted by atomic mass is 9.93. The van der Waals surface area contributed by atoms with E-state index in [9.17, 15) is 0 Å². The molecule has 3 rings (SSSR count). The van der Waals surface area contributed by atoms with E-state index in [1.54, 1.807) is 0 Å². The number of likely N-dealkylation sites (N-methyl/N-ethyl adjacent to an activating group) is 1. The SMILES string of the molecule is CN1CC=C(c2ccc3c(c2)NC(C)(C)C=C3)CC1. The van der Waals surface area contributed by atoms with E-state index >= 15 is 0 Å². The summed E-state index contributed by atoms with van der Waals surface area (Å²) in [5.41, 5.74) is 5.44. The largest absolute Gasteiger partial charge is 0.376 e. The monoisotopic (exact) mass is 254 g/mol. The maximum absolute atomic E-state index is 3.60. The van der Waals surface area contributed by atoms with Gasteiger partial charge in [0, 0.05) is 18.8 Å². The lowest BCUT2D eigenvalue weighted by Gasteiger charge is -2.30. The Labute approximate surface area is 115 Å². The van der Waals surface area contributed by atoms with Gasteiger partial charge in [0.15, 0.2) is 0 Å². The first-order valence-corrected chi connectivity index (χ1v) is 7.03. The van der Waals surface area contributed by atoms with E-state index < -0.39 is 0 Å². The van der Waals surface area contributed by atoms with Gasteiger partial charge in [-0.15, -0.1) is 0 Å². The van der Waals surface area contributed by atoms with Crippen molar-refractivity contribution >= 4 is 17.3 Å². The van der Waals surface area contributed by atoms with Gasteiger partial charge < -0.3 is 10.2 Å². The van der Waals surface area contributed by atoms with E-state index in [0.717, 1.165) is 19.5 Å². The summed E-state index contributed by atoms with van der Waals surface area (Å²) in [6, 6.07) is 6.78. The molecule has 0 bridgehead atoms. The van der Waals surface area contributed by atoms with Crippen LogP contribution >= 0.6 is 0 Å². The summed E-state index contributed by atoms with van der Waals surface area (Å²) in [7, 11) is 2.18. The highest BCUT2D eigenvalue weighted by molar-refractivity contribution is 5.78. The molecule has 0 fully saturated rings. The predicted molar refractivity (Wildman–Crippen MR) is 83.3 cm³/mol. The average molecular weight is 254 g/mol. The minimum Gasteiger partial charge on any atom is -0.376 e. The molecule has 0 radical (unpaired) electrons. The lowest BCUT2D eigenvalue weighted by Crippen LogP contribution is -2.30. The van der Waals surface area contributed by atoms with Crippen molar-refractivity contribution in [3.05, 3.63) is 41.5 Å². The van der Waals surface area contributed by atoms with Crippen molar-refractivity contribution < 1.29 is 0 Å². The lowest BCUT2D eigenvalue weighted by molar-refractivity contribution is 0.370.